The average Bonchev–Trinajstić information content (AvgIpc) is 2.72. The van der Waals surface area contributed by atoms with E-state index in [2.05, 4.69) is 10.3 Å². The zero-order chi connectivity index (χ0) is 13.1. The van der Waals surface area contributed by atoms with Crippen molar-refractivity contribution in [3.05, 3.63) is 44.5 Å². The molecular weight excluding hydrogens is 252 g/mol. The van der Waals surface area contributed by atoms with Crippen LogP contribution in [0.5, 0.6) is 0 Å². The van der Waals surface area contributed by atoms with E-state index in [-0.39, 0.29) is 4.87 Å². The monoisotopic (exact) mass is 264 g/mol. The van der Waals surface area contributed by atoms with Crippen molar-refractivity contribution in [3.8, 4) is 0 Å². The van der Waals surface area contributed by atoms with E-state index >= 15 is 0 Å². The van der Waals surface area contributed by atoms with E-state index in [9.17, 15) is 9.59 Å². The van der Waals surface area contributed by atoms with Crippen LogP contribution in [0.1, 0.15) is 16.1 Å². The van der Waals surface area contributed by atoms with Crippen molar-refractivity contribution in [2.45, 2.75) is 6.54 Å². The number of hydrogen-bond acceptors (Lipinski definition) is 5. The normalized spacial score (nSPS) is 10.2. The summed E-state index contributed by atoms with van der Waals surface area (Å²) in [6.07, 6.45) is 0. The van der Waals surface area contributed by atoms with Gasteiger partial charge in [-0.1, -0.05) is 11.3 Å². The maximum atomic E-state index is 11.2. The Labute approximate surface area is 107 Å². The zero-order valence-electron chi connectivity index (χ0n) is 9.40. The molecule has 0 aliphatic carbocycles. The van der Waals surface area contributed by atoms with Gasteiger partial charge in [0.05, 0.1) is 12.1 Å². The standard InChI is InChI=1S/C11H12N4O2S/c12-6-1-2-8(10(13)16)9(3-6)14-4-7-5-18-11(17)15-7/h1-3,5,14H,4,12H2,(H2,13,16)(H,15,17). The fourth-order valence-corrected chi connectivity index (χ4v) is 2.10. The highest BCUT2D eigenvalue weighted by molar-refractivity contribution is 7.07. The van der Waals surface area contributed by atoms with Crippen LogP contribution in [0, 0.1) is 0 Å². The molecule has 18 heavy (non-hydrogen) atoms. The molecule has 2 rings (SSSR count). The predicted octanol–water partition coefficient (Wildman–Crippen LogP) is 0.730. The maximum absolute atomic E-state index is 11.2. The summed E-state index contributed by atoms with van der Waals surface area (Å²) < 4.78 is 0. The molecule has 2 aromatic rings. The number of anilines is 2. The summed E-state index contributed by atoms with van der Waals surface area (Å²) in [6, 6.07) is 4.80. The lowest BCUT2D eigenvalue weighted by Crippen LogP contribution is -2.15. The SMILES string of the molecule is NC(=O)c1ccc(N)cc1NCc1csc(=O)[nH]1. The smallest absolute Gasteiger partial charge is 0.304 e. The van der Waals surface area contributed by atoms with Crippen molar-refractivity contribution in [3.63, 3.8) is 0 Å². The molecule has 0 atom stereocenters. The van der Waals surface area contributed by atoms with Crippen molar-refractivity contribution >= 4 is 28.6 Å². The van der Waals surface area contributed by atoms with Gasteiger partial charge in [-0.25, -0.2) is 0 Å². The average molecular weight is 264 g/mol. The van der Waals surface area contributed by atoms with E-state index in [1.54, 1.807) is 23.6 Å². The number of primary amides is 1. The molecule has 0 spiro atoms. The first-order valence-corrected chi connectivity index (χ1v) is 6.04. The lowest BCUT2D eigenvalue weighted by atomic mass is 10.1. The fourth-order valence-electron chi connectivity index (χ4n) is 1.51. The number of nitrogens with one attached hydrogen (secondary N) is 2. The van der Waals surface area contributed by atoms with E-state index in [0.29, 0.717) is 23.5 Å². The number of hydrogen-bond donors (Lipinski definition) is 4. The van der Waals surface area contributed by atoms with Gasteiger partial charge in [0.1, 0.15) is 0 Å². The second kappa shape index (κ2) is 4.92. The Bertz CT molecular complexity index is 632. The zero-order valence-corrected chi connectivity index (χ0v) is 10.2. The molecule has 0 bridgehead atoms. The Morgan fingerprint density at radius 2 is 2.22 bits per heavy atom. The first kappa shape index (κ1) is 12.2. The summed E-state index contributed by atoms with van der Waals surface area (Å²) in [5, 5.41) is 4.73. The summed E-state index contributed by atoms with van der Waals surface area (Å²) in [6.45, 7) is 0.391. The molecular formula is C11H12N4O2S. The van der Waals surface area contributed by atoms with Crippen LogP contribution in [0.25, 0.3) is 0 Å². The Hall–Kier alpha value is -2.28. The molecule has 6 N–H and O–H groups in total. The van der Waals surface area contributed by atoms with Gasteiger partial charge in [-0.05, 0) is 18.2 Å². The third-order valence-corrected chi connectivity index (χ3v) is 3.07. The molecule has 1 aromatic heterocycles. The van der Waals surface area contributed by atoms with Crippen LogP contribution in [-0.2, 0) is 6.54 Å². The molecule has 6 nitrogen and oxygen atoms in total. The first-order valence-electron chi connectivity index (χ1n) is 5.16. The molecule has 7 heteroatoms. The van der Waals surface area contributed by atoms with Gasteiger partial charge in [-0.2, -0.15) is 0 Å². The molecule has 0 aliphatic rings. The second-order valence-corrected chi connectivity index (χ2v) is 4.54. The van der Waals surface area contributed by atoms with Gasteiger partial charge < -0.3 is 21.8 Å². The van der Waals surface area contributed by atoms with Crippen LogP contribution >= 0.6 is 11.3 Å². The summed E-state index contributed by atoms with van der Waals surface area (Å²) in [5.41, 5.74) is 13.1. The number of carbonyl (C=O) groups excluding carboxylic acids is 1. The molecule has 0 aliphatic heterocycles. The summed E-state index contributed by atoms with van der Waals surface area (Å²) in [7, 11) is 0. The van der Waals surface area contributed by atoms with Crippen LogP contribution in [0.4, 0.5) is 11.4 Å². The number of nitrogens with two attached hydrogens (primary N) is 2. The minimum absolute atomic E-state index is 0.116. The van der Waals surface area contributed by atoms with Gasteiger partial charge in [0.25, 0.3) is 5.91 Å². The van der Waals surface area contributed by atoms with E-state index in [1.165, 1.54) is 0 Å². The Morgan fingerprint density at radius 3 is 2.83 bits per heavy atom. The van der Waals surface area contributed by atoms with E-state index in [4.69, 9.17) is 11.5 Å². The van der Waals surface area contributed by atoms with Crippen molar-refractivity contribution in [2.75, 3.05) is 11.1 Å². The van der Waals surface area contributed by atoms with Crippen LogP contribution < -0.4 is 21.7 Å². The Balaban J connectivity index is 2.20. The van der Waals surface area contributed by atoms with E-state index in [1.807, 2.05) is 0 Å². The van der Waals surface area contributed by atoms with Crippen LogP contribution in [0.15, 0.2) is 28.4 Å². The molecule has 0 unspecified atom stereocenters. The number of amides is 1. The third-order valence-electron chi connectivity index (χ3n) is 2.35. The van der Waals surface area contributed by atoms with Crippen LogP contribution in [0.2, 0.25) is 0 Å². The van der Waals surface area contributed by atoms with Gasteiger partial charge >= 0.3 is 4.87 Å². The van der Waals surface area contributed by atoms with Crippen molar-refractivity contribution in [1.29, 1.82) is 0 Å². The topological polar surface area (TPSA) is 114 Å². The van der Waals surface area contributed by atoms with Gasteiger partial charge in [0.15, 0.2) is 0 Å². The molecule has 0 fully saturated rings. The number of rotatable bonds is 4. The minimum atomic E-state index is -0.531. The fraction of sp³-hybridized carbons (Fsp3) is 0.0909. The second-order valence-electron chi connectivity index (χ2n) is 3.70. The predicted molar refractivity (Wildman–Crippen MR) is 71.6 cm³/mol. The van der Waals surface area contributed by atoms with Gasteiger partial charge in [0.2, 0.25) is 0 Å². The highest BCUT2D eigenvalue weighted by atomic mass is 32.1. The number of benzene rings is 1. The number of H-pyrrole nitrogens is 1. The maximum Gasteiger partial charge on any atom is 0.304 e. The largest absolute Gasteiger partial charge is 0.399 e. The lowest BCUT2D eigenvalue weighted by Gasteiger charge is -2.09. The van der Waals surface area contributed by atoms with Gasteiger partial charge in [-0.15, -0.1) is 0 Å². The molecule has 1 heterocycles. The number of nitrogen functional groups attached to an aromatic ring is 1. The summed E-state index contributed by atoms with van der Waals surface area (Å²) >= 11 is 1.09. The van der Waals surface area contributed by atoms with Crippen molar-refractivity contribution in [1.82, 2.24) is 4.98 Å². The minimum Gasteiger partial charge on any atom is -0.399 e. The quantitative estimate of drug-likeness (QED) is 0.609. The number of aromatic nitrogens is 1. The summed E-state index contributed by atoms with van der Waals surface area (Å²) in [4.78, 5) is 24.8. The number of carbonyl (C=O) groups is 1. The van der Waals surface area contributed by atoms with Crippen LogP contribution in [0.3, 0.4) is 0 Å². The first-order chi connectivity index (χ1) is 8.56. The van der Waals surface area contributed by atoms with E-state index < -0.39 is 5.91 Å². The third kappa shape index (κ3) is 2.69. The Morgan fingerprint density at radius 1 is 1.44 bits per heavy atom. The highest BCUT2D eigenvalue weighted by Gasteiger charge is 2.08. The van der Waals surface area contributed by atoms with Crippen LogP contribution in [-0.4, -0.2) is 10.9 Å². The summed E-state index contributed by atoms with van der Waals surface area (Å²) in [5.74, 6) is -0.531. The molecule has 94 valence electrons. The van der Waals surface area contributed by atoms with Crippen molar-refractivity contribution in [2.24, 2.45) is 5.73 Å². The van der Waals surface area contributed by atoms with Gasteiger partial charge in [0, 0.05) is 22.4 Å². The van der Waals surface area contributed by atoms with E-state index in [0.717, 1.165) is 17.0 Å². The molecule has 0 saturated heterocycles. The molecule has 0 saturated carbocycles. The molecule has 0 radical (unpaired) electrons. The number of aromatic amines is 1. The lowest BCUT2D eigenvalue weighted by molar-refractivity contribution is 0.100. The highest BCUT2D eigenvalue weighted by Crippen LogP contribution is 2.19. The number of thiazole rings is 1. The molecule has 1 amide bonds. The van der Waals surface area contributed by atoms with Crippen molar-refractivity contribution < 1.29 is 4.79 Å². The Kier molecular flexibility index (Phi) is 3.33. The van der Waals surface area contributed by atoms with Gasteiger partial charge in [-0.3, -0.25) is 9.59 Å². The molecule has 1 aromatic carbocycles.